The largest absolute Gasteiger partial charge is 0.444 e. The van der Waals surface area contributed by atoms with Gasteiger partial charge in [0, 0.05) is 46.0 Å². The van der Waals surface area contributed by atoms with Gasteiger partial charge in [-0.05, 0) is 27.7 Å². The number of nitrogens with zero attached hydrogens (tertiary/aromatic N) is 5. The first kappa shape index (κ1) is 23.1. The van der Waals surface area contributed by atoms with Crippen LogP contribution in [0.2, 0.25) is 0 Å². The van der Waals surface area contributed by atoms with Crippen LogP contribution in [-0.2, 0) is 19.1 Å². The maximum absolute atomic E-state index is 13.0. The summed E-state index contributed by atoms with van der Waals surface area (Å²) in [6, 6.07) is -0.819. The van der Waals surface area contributed by atoms with Crippen LogP contribution in [0.15, 0.2) is 11.9 Å². The van der Waals surface area contributed by atoms with E-state index in [-0.39, 0.29) is 18.4 Å². The first-order valence-corrected chi connectivity index (χ1v) is 10.7. The number of hydrogen-bond donors (Lipinski definition) is 1. The average molecular weight is 439 g/mol. The summed E-state index contributed by atoms with van der Waals surface area (Å²) in [5.41, 5.74) is 0.0507. The zero-order chi connectivity index (χ0) is 22.8. The Labute approximate surface area is 183 Å². The van der Waals surface area contributed by atoms with Crippen molar-refractivity contribution in [1.82, 2.24) is 30.0 Å². The highest BCUT2D eigenvalue weighted by Gasteiger charge is 2.41. The monoisotopic (exact) mass is 438 g/mol. The lowest BCUT2D eigenvalue weighted by molar-refractivity contribution is -0.149. The molecule has 11 nitrogen and oxygen atoms in total. The normalized spacial score (nSPS) is 20.7. The summed E-state index contributed by atoms with van der Waals surface area (Å²) in [7, 11) is 1.94. The Balaban J connectivity index is 1.55. The molecule has 11 heteroatoms. The lowest BCUT2D eigenvalue weighted by Crippen LogP contribution is -2.59. The van der Waals surface area contributed by atoms with E-state index in [1.165, 1.54) is 0 Å². The molecule has 0 radical (unpaired) electrons. The number of carbonyl (C=O) groups is 3. The highest BCUT2D eigenvalue weighted by molar-refractivity contribution is 5.94. The SMILES string of the molecule is CCOCC(NC(=O)OC(C)(C)C)C(=O)N1CCN(N2CN3CN(C)C=C3C2=O)CC1. The van der Waals surface area contributed by atoms with Crippen LogP contribution in [0.5, 0.6) is 0 Å². The molecule has 1 N–H and O–H groups in total. The second-order valence-corrected chi connectivity index (χ2v) is 8.94. The molecule has 3 aliphatic rings. The highest BCUT2D eigenvalue weighted by Crippen LogP contribution is 2.25. The van der Waals surface area contributed by atoms with Crippen LogP contribution in [0.3, 0.4) is 0 Å². The third-order valence-electron chi connectivity index (χ3n) is 5.22. The molecular weight excluding hydrogens is 404 g/mol. The van der Waals surface area contributed by atoms with Crippen LogP contribution >= 0.6 is 0 Å². The standard InChI is InChI=1S/C20H34N6O5/c1-6-30-12-15(21-19(29)31-20(2,3)4)17(27)23-7-9-25(10-8-23)26-14-24-13-22(5)11-16(24)18(26)28/h11,15H,6-10,12-14H2,1-5H3,(H,21,29). The molecule has 3 aliphatic heterocycles. The van der Waals surface area contributed by atoms with Crippen molar-refractivity contribution in [2.75, 3.05) is 59.8 Å². The minimum absolute atomic E-state index is 0.00931. The highest BCUT2D eigenvalue weighted by atomic mass is 16.6. The summed E-state index contributed by atoms with van der Waals surface area (Å²) in [5, 5.41) is 6.37. The zero-order valence-electron chi connectivity index (χ0n) is 19.1. The molecule has 174 valence electrons. The van der Waals surface area contributed by atoms with Gasteiger partial charge >= 0.3 is 6.09 Å². The fourth-order valence-corrected chi connectivity index (χ4v) is 3.80. The van der Waals surface area contributed by atoms with Crippen molar-refractivity contribution in [2.24, 2.45) is 0 Å². The second-order valence-electron chi connectivity index (χ2n) is 8.94. The minimum Gasteiger partial charge on any atom is -0.444 e. The molecule has 0 aromatic heterocycles. The van der Waals surface area contributed by atoms with Crippen LogP contribution < -0.4 is 5.32 Å². The number of amides is 3. The van der Waals surface area contributed by atoms with Crippen molar-refractivity contribution in [3.63, 3.8) is 0 Å². The summed E-state index contributed by atoms with van der Waals surface area (Å²) in [4.78, 5) is 43.6. The number of alkyl carbamates (subject to hydrolysis) is 1. The molecule has 2 saturated heterocycles. The van der Waals surface area contributed by atoms with Crippen LogP contribution in [0.1, 0.15) is 27.7 Å². The van der Waals surface area contributed by atoms with Crippen LogP contribution in [0, 0.1) is 0 Å². The van der Waals surface area contributed by atoms with Gasteiger partial charge in [0.2, 0.25) is 5.91 Å². The molecule has 3 rings (SSSR count). The Bertz CT molecular complexity index is 728. The van der Waals surface area contributed by atoms with Crippen LogP contribution in [-0.4, -0.2) is 114 Å². The van der Waals surface area contributed by atoms with E-state index >= 15 is 0 Å². The number of rotatable bonds is 6. The van der Waals surface area contributed by atoms with Gasteiger partial charge in [0.1, 0.15) is 24.0 Å². The number of hydrogen-bond acceptors (Lipinski definition) is 8. The number of piperazine rings is 1. The summed E-state index contributed by atoms with van der Waals surface area (Å²) in [6.45, 7) is 10.9. The van der Waals surface area contributed by atoms with Crippen molar-refractivity contribution >= 4 is 17.9 Å². The molecular formula is C20H34N6O5. The van der Waals surface area contributed by atoms with Gasteiger partial charge in [-0.3, -0.25) is 9.59 Å². The number of carbonyl (C=O) groups excluding carboxylic acids is 3. The number of fused-ring (bicyclic) bond motifs is 1. The molecule has 2 fully saturated rings. The number of ether oxygens (including phenoxy) is 2. The zero-order valence-corrected chi connectivity index (χ0v) is 19.1. The van der Waals surface area contributed by atoms with E-state index in [2.05, 4.69) is 5.32 Å². The summed E-state index contributed by atoms with van der Waals surface area (Å²) in [5.74, 6) is -0.221. The van der Waals surface area contributed by atoms with Crippen molar-refractivity contribution in [3.05, 3.63) is 11.9 Å². The third kappa shape index (κ3) is 5.59. The smallest absolute Gasteiger partial charge is 0.408 e. The molecule has 1 unspecified atom stereocenters. The predicted octanol–water partition coefficient (Wildman–Crippen LogP) is -0.179. The maximum atomic E-state index is 13.0. The first-order valence-electron chi connectivity index (χ1n) is 10.7. The van der Waals surface area contributed by atoms with Gasteiger partial charge in [0.15, 0.2) is 0 Å². The van der Waals surface area contributed by atoms with Gasteiger partial charge in [-0.25, -0.2) is 14.8 Å². The Morgan fingerprint density at radius 2 is 1.84 bits per heavy atom. The topological polar surface area (TPSA) is 97.9 Å². The van der Waals surface area contributed by atoms with Gasteiger partial charge in [-0.15, -0.1) is 0 Å². The summed E-state index contributed by atoms with van der Waals surface area (Å²) < 4.78 is 10.7. The van der Waals surface area contributed by atoms with Gasteiger partial charge in [0.05, 0.1) is 13.3 Å². The molecule has 0 aromatic carbocycles. The van der Waals surface area contributed by atoms with E-state index < -0.39 is 17.7 Å². The Kier molecular flexibility index (Phi) is 6.95. The molecule has 0 bridgehead atoms. The summed E-state index contributed by atoms with van der Waals surface area (Å²) >= 11 is 0. The lowest BCUT2D eigenvalue weighted by atomic mass is 10.2. The Morgan fingerprint density at radius 1 is 1.16 bits per heavy atom. The molecule has 0 spiro atoms. The van der Waals surface area contributed by atoms with Crippen LogP contribution in [0.25, 0.3) is 0 Å². The van der Waals surface area contributed by atoms with E-state index in [0.29, 0.717) is 51.8 Å². The van der Waals surface area contributed by atoms with E-state index in [1.807, 2.05) is 35.0 Å². The predicted molar refractivity (Wildman–Crippen MR) is 112 cm³/mol. The van der Waals surface area contributed by atoms with Crippen molar-refractivity contribution in [2.45, 2.75) is 39.3 Å². The number of hydrazine groups is 1. The molecule has 0 aliphatic carbocycles. The third-order valence-corrected chi connectivity index (χ3v) is 5.22. The Morgan fingerprint density at radius 3 is 2.42 bits per heavy atom. The molecule has 0 aromatic rings. The second kappa shape index (κ2) is 9.31. The Hall–Kier alpha value is -2.53. The molecule has 3 heterocycles. The quantitative estimate of drug-likeness (QED) is 0.610. The fourth-order valence-electron chi connectivity index (χ4n) is 3.80. The van der Waals surface area contributed by atoms with Crippen molar-refractivity contribution in [1.29, 1.82) is 0 Å². The minimum atomic E-state index is -0.819. The molecule has 0 saturated carbocycles. The summed E-state index contributed by atoms with van der Waals surface area (Å²) in [6.07, 6.45) is 1.22. The van der Waals surface area contributed by atoms with Gasteiger partial charge in [-0.2, -0.15) is 0 Å². The van der Waals surface area contributed by atoms with Crippen LogP contribution in [0.4, 0.5) is 4.79 Å². The van der Waals surface area contributed by atoms with E-state index in [4.69, 9.17) is 9.47 Å². The van der Waals surface area contributed by atoms with Crippen molar-refractivity contribution < 1.29 is 23.9 Å². The van der Waals surface area contributed by atoms with Gasteiger partial charge in [0.25, 0.3) is 5.91 Å². The van der Waals surface area contributed by atoms with E-state index in [0.717, 1.165) is 0 Å². The van der Waals surface area contributed by atoms with E-state index in [1.54, 1.807) is 30.7 Å². The number of nitrogens with one attached hydrogen (secondary N) is 1. The molecule has 1 atom stereocenters. The van der Waals surface area contributed by atoms with Crippen molar-refractivity contribution in [3.8, 4) is 0 Å². The van der Waals surface area contributed by atoms with Gasteiger partial charge in [-0.1, -0.05) is 0 Å². The fraction of sp³-hybridized carbons (Fsp3) is 0.750. The van der Waals surface area contributed by atoms with E-state index in [9.17, 15) is 14.4 Å². The molecule has 31 heavy (non-hydrogen) atoms. The molecule has 3 amide bonds. The van der Waals surface area contributed by atoms with Gasteiger partial charge < -0.3 is 29.5 Å². The lowest BCUT2D eigenvalue weighted by Gasteiger charge is -2.40. The average Bonchev–Trinajstić information content (AvgIpc) is 3.20. The maximum Gasteiger partial charge on any atom is 0.408 e. The first-order chi connectivity index (χ1) is 14.6.